The lowest BCUT2D eigenvalue weighted by atomic mass is 9.58. The lowest BCUT2D eigenvalue weighted by Crippen LogP contribution is -2.53. The van der Waals surface area contributed by atoms with E-state index in [2.05, 4.69) is 6.92 Å². The first kappa shape index (κ1) is 19.8. The highest BCUT2D eigenvalue weighted by Gasteiger charge is 2.53. The van der Waals surface area contributed by atoms with Crippen LogP contribution < -0.4 is 0 Å². The number of aryl methyl sites for hydroxylation is 1. The van der Waals surface area contributed by atoms with E-state index in [1.165, 1.54) is 0 Å². The van der Waals surface area contributed by atoms with Gasteiger partial charge in [-0.1, -0.05) is 31.0 Å². The van der Waals surface area contributed by atoms with Crippen LogP contribution in [0.1, 0.15) is 51.0 Å². The van der Waals surface area contributed by atoms with Crippen LogP contribution in [-0.2, 0) is 23.8 Å². The van der Waals surface area contributed by atoms with Crippen molar-refractivity contribution in [1.29, 1.82) is 0 Å². The second kappa shape index (κ2) is 7.23. The normalized spacial score (nSPS) is 31.4. The number of benzene rings is 1. The van der Waals surface area contributed by atoms with E-state index in [0.717, 1.165) is 44.1 Å². The number of ether oxygens (including phenoxy) is 2. The quantitative estimate of drug-likeness (QED) is 0.568. The van der Waals surface area contributed by atoms with Gasteiger partial charge in [-0.05, 0) is 49.7 Å². The van der Waals surface area contributed by atoms with Crippen molar-refractivity contribution < 1.29 is 22.1 Å². The molecule has 3 unspecified atom stereocenters. The van der Waals surface area contributed by atoms with Crippen molar-refractivity contribution >= 4 is 10.1 Å². The van der Waals surface area contributed by atoms with E-state index in [4.69, 9.17) is 13.7 Å². The smallest absolute Gasteiger partial charge is 0.297 e. The first-order valence-corrected chi connectivity index (χ1v) is 10.8. The maximum absolute atomic E-state index is 12.8. The van der Waals surface area contributed by atoms with Crippen molar-refractivity contribution in [3.63, 3.8) is 0 Å². The van der Waals surface area contributed by atoms with E-state index in [-0.39, 0.29) is 16.4 Å². The molecule has 2 aliphatic rings. The number of fused-ring (bicyclic) bond motifs is 1. The summed E-state index contributed by atoms with van der Waals surface area (Å²) < 4.78 is 42.7. The highest BCUT2D eigenvalue weighted by atomic mass is 32.2. The number of hydrogen-bond acceptors (Lipinski definition) is 5. The minimum absolute atomic E-state index is 0.184. The van der Waals surface area contributed by atoms with Crippen molar-refractivity contribution in [2.45, 2.75) is 69.2 Å². The van der Waals surface area contributed by atoms with Gasteiger partial charge >= 0.3 is 0 Å². The Bertz CT molecular complexity index is 723. The molecule has 5 nitrogen and oxygen atoms in total. The minimum atomic E-state index is -3.77. The Kier molecular flexibility index (Phi) is 5.50. The van der Waals surface area contributed by atoms with Crippen LogP contribution in [-0.4, -0.2) is 34.5 Å². The fourth-order valence-electron chi connectivity index (χ4n) is 4.64. The van der Waals surface area contributed by atoms with Crippen molar-refractivity contribution in [2.24, 2.45) is 11.3 Å². The molecule has 0 aliphatic heterocycles. The predicted octanol–water partition coefficient (Wildman–Crippen LogP) is 4.05. The standard InChI is InChI=1S/C20H30O5S/c1-15-8-10-17(11-9-15)26(21,22)25-18-7-5-6-16-14-20(23-3,24-4)13-12-19(16,18)2/h8-11,16,18H,5-7,12-14H2,1-4H3. The summed E-state index contributed by atoms with van der Waals surface area (Å²) in [5.74, 6) is -0.231. The molecular formula is C20H30O5S. The zero-order valence-corrected chi connectivity index (χ0v) is 17.0. The summed E-state index contributed by atoms with van der Waals surface area (Å²) in [5.41, 5.74) is 0.840. The Morgan fingerprint density at radius 2 is 1.69 bits per heavy atom. The molecule has 2 saturated carbocycles. The van der Waals surface area contributed by atoms with Gasteiger partial charge in [0.1, 0.15) is 0 Å². The van der Waals surface area contributed by atoms with Crippen LogP contribution in [0.15, 0.2) is 29.2 Å². The summed E-state index contributed by atoms with van der Waals surface area (Å²) in [7, 11) is -0.397. The minimum Gasteiger partial charge on any atom is -0.353 e. The van der Waals surface area contributed by atoms with E-state index >= 15 is 0 Å². The van der Waals surface area contributed by atoms with E-state index in [1.54, 1.807) is 38.5 Å². The lowest BCUT2D eigenvalue weighted by Gasteiger charge is -2.54. The third-order valence-electron chi connectivity index (χ3n) is 6.59. The van der Waals surface area contributed by atoms with Crippen LogP contribution in [0.3, 0.4) is 0 Å². The van der Waals surface area contributed by atoms with Gasteiger partial charge < -0.3 is 9.47 Å². The molecule has 1 aromatic rings. The summed E-state index contributed by atoms with van der Waals surface area (Å²) in [6.07, 6.45) is 4.82. The van der Waals surface area contributed by atoms with Gasteiger partial charge in [-0.2, -0.15) is 8.42 Å². The molecule has 1 aromatic carbocycles. The maximum Gasteiger partial charge on any atom is 0.297 e. The van der Waals surface area contributed by atoms with E-state index in [1.807, 2.05) is 6.92 Å². The second-order valence-electron chi connectivity index (χ2n) is 8.01. The lowest BCUT2D eigenvalue weighted by molar-refractivity contribution is -0.256. The molecule has 0 amide bonds. The van der Waals surface area contributed by atoms with Gasteiger partial charge in [-0.25, -0.2) is 0 Å². The summed E-state index contributed by atoms with van der Waals surface area (Å²) in [6.45, 7) is 4.10. The molecule has 3 rings (SSSR count). The fourth-order valence-corrected chi connectivity index (χ4v) is 5.84. The molecule has 0 aromatic heterocycles. The van der Waals surface area contributed by atoms with E-state index < -0.39 is 15.9 Å². The third-order valence-corrected chi connectivity index (χ3v) is 7.92. The SMILES string of the molecule is COC1(OC)CCC2(C)C(CCCC2OS(=O)(=O)c2ccc(C)cc2)C1. The van der Waals surface area contributed by atoms with Crippen LogP contribution in [0.5, 0.6) is 0 Å². The summed E-state index contributed by atoms with van der Waals surface area (Å²) in [5, 5.41) is 0. The monoisotopic (exact) mass is 382 g/mol. The molecule has 6 heteroatoms. The van der Waals surface area contributed by atoms with Gasteiger partial charge in [0.2, 0.25) is 0 Å². The fraction of sp³-hybridized carbons (Fsp3) is 0.700. The average molecular weight is 383 g/mol. The molecule has 0 saturated heterocycles. The van der Waals surface area contributed by atoms with E-state index in [0.29, 0.717) is 5.92 Å². The average Bonchev–Trinajstić information content (AvgIpc) is 2.62. The van der Waals surface area contributed by atoms with Gasteiger partial charge in [0.25, 0.3) is 10.1 Å². The molecule has 146 valence electrons. The third kappa shape index (κ3) is 3.57. The van der Waals surface area contributed by atoms with Crippen LogP contribution >= 0.6 is 0 Å². The largest absolute Gasteiger partial charge is 0.353 e. The van der Waals surface area contributed by atoms with Crippen LogP contribution in [0.2, 0.25) is 0 Å². The first-order chi connectivity index (χ1) is 12.2. The molecule has 0 radical (unpaired) electrons. The van der Waals surface area contributed by atoms with Gasteiger partial charge in [-0.3, -0.25) is 4.18 Å². The van der Waals surface area contributed by atoms with Crippen molar-refractivity contribution in [3.8, 4) is 0 Å². The zero-order valence-electron chi connectivity index (χ0n) is 16.2. The molecular weight excluding hydrogens is 352 g/mol. The van der Waals surface area contributed by atoms with Crippen molar-refractivity contribution in [1.82, 2.24) is 0 Å². The first-order valence-electron chi connectivity index (χ1n) is 9.35. The maximum atomic E-state index is 12.8. The van der Waals surface area contributed by atoms with Gasteiger partial charge in [-0.15, -0.1) is 0 Å². The Balaban J connectivity index is 1.81. The van der Waals surface area contributed by atoms with Gasteiger partial charge in [0.15, 0.2) is 5.79 Å². The number of methoxy groups -OCH3 is 2. The molecule has 0 N–H and O–H groups in total. The predicted molar refractivity (Wildman–Crippen MR) is 99.3 cm³/mol. The van der Waals surface area contributed by atoms with Crippen LogP contribution in [0, 0.1) is 18.3 Å². The van der Waals surface area contributed by atoms with Crippen molar-refractivity contribution in [2.75, 3.05) is 14.2 Å². The number of rotatable bonds is 5. The van der Waals surface area contributed by atoms with Crippen LogP contribution in [0.4, 0.5) is 0 Å². The number of hydrogen-bond donors (Lipinski definition) is 0. The Labute approximate surface area is 157 Å². The Morgan fingerprint density at radius 3 is 2.31 bits per heavy atom. The summed E-state index contributed by atoms with van der Waals surface area (Å²) in [4.78, 5) is 0.229. The Hall–Kier alpha value is -0.950. The highest BCUT2D eigenvalue weighted by Crippen LogP contribution is 2.55. The molecule has 0 spiro atoms. The van der Waals surface area contributed by atoms with Gasteiger partial charge in [0, 0.05) is 27.1 Å². The summed E-state index contributed by atoms with van der Waals surface area (Å²) in [6, 6.07) is 6.84. The molecule has 26 heavy (non-hydrogen) atoms. The molecule has 3 atom stereocenters. The molecule has 0 heterocycles. The Morgan fingerprint density at radius 1 is 1.04 bits per heavy atom. The van der Waals surface area contributed by atoms with Gasteiger partial charge in [0.05, 0.1) is 11.0 Å². The van der Waals surface area contributed by atoms with E-state index in [9.17, 15) is 8.42 Å². The molecule has 0 bridgehead atoms. The second-order valence-corrected chi connectivity index (χ2v) is 9.58. The zero-order chi connectivity index (χ0) is 19.0. The molecule has 2 fully saturated rings. The topological polar surface area (TPSA) is 61.8 Å². The van der Waals surface area contributed by atoms with Crippen LogP contribution in [0.25, 0.3) is 0 Å². The van der Waals surface area contributed by atoms with Crippen molar-refractivity contribution in [3.05, 3.63) is 29.8 Å². The highest BCUT2D eigenvalue weighted by molar-refractivity contribution is 7.86. The summed E-state index contributed by atoms with van der Waals surface area (Å²) >= 11 is 0. The molecule has 2 aliphatic carbocycles.